The van der Waals surface area contributed by atoms with Crippen LogP contribution in [0.1, 0.15) is 25.7 Å². The lowest BCUT2D eigenvalue weighted by atomic mass is 10.3. The molecule has 0 spiro atoms. The maximum Gasteiger partial charge on any atom is 0.319 e. The monoisotopic (exact) mass is 402 g/mol. The Balaban J connectivity index is 1.35. The molecule has 0 aromatic heterocycles. The van der Waals surface area contributed by atoms with Gasteiger partial charge in [-0.3, -0.25) is 0 Å². The van der Waals surface area contributed by atoms with Crippen LogP contribution >= 0.6 is 35.0 Å². The highest BCUT2D eigenvalue weighted by atomic mass is 35.5. The minimum atomic E-state index is -0.561. The number of benzene rings is 1. The van der Waals surface area contributed by atoms with E-state index in [1.54, 1.807) is 11.8 Å². The van der Waals surface area contributed by atoms with E-state index in [1.807, 2.05) is 24.3 Å². The molecule has 4 nitrogen and oxygen atoms in total. The number of para-hydroxylation sites is 1. The van der Waals surface area contributed by atoms with Crippen LogP contribution in [0.3, 0.4) is 0 Å². The fourth-order valence-corrected chi connectivity index (χ4v) is 4.36. The first-order valence-electron chi connectivity index (χ1n) is 8.77. The number of thioether (sulfide) groups is 1. The molecule has 2 N–H and O–H groups in total. The first kappa shape index (κ1) is 19.2. The predicted molar refractivity (Wildman–Crippen MR) is 105 cm³/mol. The van der Waals surface area contributed by atoms with Crippen molar-refractivity contribution in [1.82, 2.24) is 5.32 Å². The van der Waals surface area contributed by atoms with Crippen molar-refractivity contribution in [2.75, 3.05) is 30.8 Å². The first-order valence-corrected chi connectivity index (χ1v) is 10.5. The zero-order chi connectivity index (χ0) is 17.7. The molecule has 2 aliphatic carbocycles. The largest absolute Gasteiger partial charge is 0.381 e. The molecule has 0 heterocycles. The first-order chi connectivity index (χ1) is 12.0. The number of amides is 2. The lowest BCUT2D eigenvalue weighted by molar-refractivity contribution is 0.122. The standard InChI is InChI=1S/C18H24Cl2N2O2S/c19-18(20)10-14(18)12-25-16-5-2-1-4-15(16)22-17(23)21-8-3-9-24-11-13-6-7-13/h1-2,4-5,13-14H,3,6-12H2,(H2,21,22,23). The third-order valence-corrected chi connectivity index (χ3v) is 6.49. The second-order valence-electron chi connectivity index (χ2n) is 6.72. The number of ether oxygens (including phenoxy) is 1. The topological polar surface area (TPSA) is 50.4 Å². The average Bonchev–Trinajstić information content (AvgIpc) is 3.48. The van der Waals surface area contributed by atoms with Crippen molar-refractivity contribution in [3.05, 3.63) is 24.3 Å². The summed E-state index contributed by atoms with van der Waals surface area (Å²) in [6.07, 6.45) is 4.26. The van der Waals surface area contributed by atoms with Gasteiger partial charge >= 0.3 is 6.03 Å². The van der Waals surface area contributed by atoms with Crippen molar-refractivity contribution in [2.24, 2.45) is 11.8 Å². The Hall–Kier alpha value is -0.620. The molecule has 2 fully saturated rings. The smallest absolute Gasteiger partial charge is 0.319 e. The van der Waals surface area contributed by atoms with Crippen LogP contribution in [0.4, 0.5) is 10.5 Å². The molecular formula is C18H24Cl2N2O2S. The van der Waals surface area contributed by atoms with E-state index in [9.17, 15) is 4.79 Å². The van der Waals surface area contributed by atoms with Crippen molar-refractivity contribution in [2.45, 2.75) is 34.9 Å². The fraction of sp³-hybridized carbons (Fsp3) is 0.611. The van der Waals surface area contributed by atoms with Gasteiger partial charge in [0, 0.05) is 36.3 Å². The maximum atomic E-state index is 12.1. The van der Waals surface area contributed by atoms with Crippen LogP contribution in [-0.4, -0.2) is 35.9 Å². The van der Waals surface area contributed by atoms with Crippen LogP contribution in [0.15, 0.2) is 29.2 Å². The Morgan fingerprint density at radius 3 is 2.80 bits per heavy atom. The van der Waals surface area contributed by atoms with Gasteiger partial charge < -0.3 is 15.4 Å². The van der Waals surface area contributed by atoms with E-state index >= 15 is 0 Å². The number of carbonyl (C=O) groups excluding carboxylic acids is 1. The maximum absolute atomic E-state index is 12.1. The van der Waals surface area contributed by atoms with Crippen LogP contribution in [0.2, 0.25) is 0 Å². The normalized spacial score (nSPS) is 21.0. The van der Waals surface area contributed by atoms with Gasteiger partial charge in [0.2, 0.25) is 0 Å². The number of anilines is 1. The van der Waals surface area contributed by atoms with E-state index in [4.69, 9.17) is 27.9 Å². The summed E-state index contributed by atoms with van der Waals surface area (Å²) >= 11 is 13.8. The van der Waals surface area contributed by atoms with Crippen LogP contribution in [0.25, 0.3) is 0 Å². The van der Waals surface area contributed by atoms with E-state index < -0.39 is 4.33 Å². The van der Waals surface area contributed by atoms with E-state index in [0.717, 1.165) is 41.7 Å². The highest BCUT2D eigenvalue weighted by Gasteiger charge is 2.51. The molecule has 25 heavy (non-hydrogen) atoms. The van der Waals surface area contributed by atoms with Crippen molar-refractivity contribution in [3.63, 3.8) is 0 Å². The molecule has 2 aliphatic rings. The SMILES string of the molecule is O=C(NCCCOCC1CC1)Nc1ccccc1SCC1CC1(Cl)Cl. The summed E-state index contributed by atoms with van der Waals surface area (Å²) in [6.45, 7) is 2.17. The van der Waals surface area contributed by atoms with Crippen molar-refractivity contribution < 1.29 is 9.53 Å². The Labute approximate surface area is 163 Å². The molecule has 0 bridgehead atoms. The van der Waals surface area contributed by atoms with Gasteiger partial charge in [0.05, 0.1) is 5.69 Å². The molecule has 2 amide bonds. The van der Waals surface area contributed by atoms with Crippen LogP contribution in [0, 0.1) is 11.8 Å². The zero-order valence-corrected chi connectivity index (χ0v) is 16.4. The van der Waals surface area contributed by atoms with E-state index in [2.05, 4.69) is 10.6 Å². The summed E-state index contributed by atoms with van der Waals surface area (Å²) in [5.41, 5.74) is 0.811. The highest BCUT2D eigenvalue weighted by molar-refractivity contribution is 7.99. The molecule has 1 aromatic carbocycles. The number of rotatable bonds is 10. The highest BCUT2D eigenvalue weighted by Crippen LogP contribution is 2.55. The third-order valence-electron chi connectivity index (χ3n) is 4.33. The average molecular weight is 403 g/mol. The lowest BCUT2D eigenvalue weighted by Gasteiger charge is -2.12. The van der Waals surface area contributed by atoms with Gasteiger partial charge in [-0.1, -0.05) is 12.1 Å². The predicted octanol–water partition coefficient (Wildman–Crippen LogP) is 4.91. The van der Waals surface area contributed by atoms with Gasteiger partial charge in [-0.25, -0.2) is 4.79 Å². The Morgan fingerprint density at radius 2 is 2.08 bits per heavy atom. The molecular weight excluding hydrogens is 379 g/mol. The van der Waals surface area contributed by atoms with Crippen molar-refractivity contribution in [3.8, 4) is 0 Å². The van der Waals surface area contributed by atoms with Crippen LogP contribution in [0.5, 0.6) is 0 Å². The molecule has 0 saturated heterocycles. The number of hydrogen-bond acceptors (Lipinski definition) is 3. The second-order valence-corrected chi connectivity index (χ2v) is 9.33. The Kier molecular flexibility index (Phi) is 6.78. The minimum absolute atomic E-state index is 0.189. The summed E-state index contributed by atoms with van der Waals surface area (Å²) < 4.78 is 5.00. The van der Waals surface area contributed by atoms with Crippen molar-refractivity contribution >= 4 is 46.7 Å². The summed E-state index contributed by atoms with van der Waals surface area (Å²) in [5, 5.41) is 5.79. The lowest BCUT2D eigenvalue weighted by Crippen LogP contribution is -2.30. The summed E-state index contributed by atoms with van der Waals surface area (Å²) in [4.78, 5) is 13.1. The molecule has 7 heteroatoms. The Bertz CT molecular complexity index is 596. The molecule has 1 atom stereocenters. The summed E-state index contributed by atoms with van der Waals surface area (Å²) in [7, 11) is 0. The second kappa shape index (κ2) is 8.85. The molecule has 1 aromatic rings. The molecule has 1 unspecified atom stereocenters. The van der Waals surface area contributed by atoms with E-state index in [-0.39, 0.29) is 6.03 Å². The quantitative estimate of drug-likeness (QED) is 0.332. The van der Waals surface area contributed by atoms with E-state index in [1.165, 1.54) is 12.8 Å². The van der Waals surface area contributed by atoms with Crippen LogP contribution in [-0.2, 0) is 4.74 Å². The van der Waals surface area contributed by atoms with Gasteiger partial charge in [0.25, 0.3) is 0 Å². The van der Waals surface area contributed by atoms with Gasteiger partial charge in [-0.15, -0.1) is 35.0 Å². The molecule has 0 radical (unpaired) electrons. The van der Waals surface area contributed by atoms with Gasteiger partial charge in [-0.2, -0.15) is 0 Å². The van der Waals surface area contributed by atoms with Gasteiger partial charge in [0.15, 0.2) is 0 Å². The number of hydrogen-bond donors (Lipinski definition) is 2. The zero-order valence-electron chi connectivity index (χ0n) is 14.1. The fourth-order valence-electron chi connectivity index (χ4n) is 2.41. The van der Waals surface area contributed by atoms with Crippen LogP contribution < -0.4 is 10.6 Å². The summed E-state index contributed by atoms with van der Waals surface area (Å²) in [6, 6.07) is 7.59. The number of nitrogens with one attached hydrogen (secondary N) is 2. The summed E-state index contributed by atoms with van der Waals surface area (Å²) in [5.74, 6) is 1.95. The number of carbonyl (C=O) groups is 1. The molecule has 2 saturated carbocycles. The molecule has 0 aliphatic heterocycles. The number of urea groups is 1. The number of halogens is 2. The molecule has 138 valence electrons. The third kappa shape index (κ3) is 6.55. The van der Waals surface area contributed by atoms with Gasteiger partial charge in [0.1, 0.15) is 4.33 Å². The Morgan fingerprint density at radius 1 is 1.32 bits per heavy atom. The van der Waals surface area contributed by atoms with Gasteiger partial charge in [-0.05, 0) is 43.7 Å². The van der Waals surface area contributed by atoms with Crippen molar-refractivity contribution in [1.29, 1.82) is 0 Å². The molecule has 3 rings (SSSR count). The van der Waals surface area contributed by atoms with E-state index in [0.29, 0.717) is 19.1 Å². The minimum Gasteiger partial charge on any atom is -0.381 e. The number of alkyl halides is 2.